The Labute approximate surface area is 128 Å². The van der Waals surface area contributed by atoms with E-state index in [1.807, 2.05) is 30.3 Å². The van der Waals surface area contributed by atoms with E-state index >= 15 is 0 Å². The molecule has 1 aromatic heterocycles. The number of aromatic nitrogens is 1. The highest BCUT2D eigenvalue weighted by molar-refractivity contribution is 5.67. The fourth-order valence-corrected chi connectivity index (χ4v) is 1.76. The quantitative estimate of drug-likeness (QED) is 0.920. The lowest BCUT2D eigenvalue weighted by Gasteiger charge is -2.05. The lowest BCUT2D eigenvalue weighted by Crippen LogP contribution is -2.24. The van der Waals surface area contributed by atoms with Crippen LogP contribution in [0.4, 0.5) is 9.18 Å². The van der Waals surface area contributed by atoms with Gasteiger partial charge < -0.3 is 10.1 Å². The molecule has 0 aliphatic heterocycles. The molecule has 0 saturated heterocycles. The third-order valence-electron chi connectivity index (χ3n) is 2.87. The van der Waals surface area contributed by atoms with Crippen LogP contribution in [-0.4, -0.2) is 17.6 Å². The molecule has 1 N–H and O–H groups in total. The van der Waals surface area contributed by atoms with E-state index in [-0.39, 0.29) is 18.8 Å². The number of aryl methyl sites for hydroxylation is 1. The van der Waals surface area contributed by atoms with E-state index in [0.717, 1.165) is 11.3 Å². The van der Waals surface area contributed by atoms with Crippen LogP contribution in [0.3, 0.4) is 0 Å². The lowest BCUT2D eigenvalue weighted by atomic mass is 10.2. The molecule has 0 aliphatic rings. The molecule has 0 bridgehead atoms. The van der Waals surface area contributed by atoms with Gasteiger partial charge in [-0.1, -0.05) is 36.4 Å². The minimum Gasteiger partial charge on any atom is -0.445 e. The number of amides is 1. The molecule has 0 radical (unpaired) electrons. The summed E-state index contributed by atoms with van der Waals surface area (Å²) in [4.78, 5) is 15.6. The Balaban J connectivity index is 1.75. The van der Waals surface area contributed by atoms with Crippen molar-refractivity contribution in [2.24, 2.45) is 0 Å². The van der Waals surface area contributed by atoms with E-state index < -0.39 is 11.9 Å². The largest absolute Gasteiger partial charge is 0.445 e. The molecule has 22 heavy (non-hydrogen) atoms. The summed E-state index contributed by atoms with van der Waals surface area (Å²) in [7, 11) is 0. The smallest absolute Gasteiger partial charge is 0.407 e. The Morgan fingerprint density at radius 1 is 1.27 bits per heavy atom. The fourth-order valence-electron chi connectivity index (χ4n) is 1.76. The highest BCUT2D eigenvalue weighted by Crippen LogP contribution is 2.07. The standard InChI is InChI=1S/C17H17FN2O2/c1-13-9-10-15(18)16(20-13)8-5-11-19-17(21)22-12-14-6-3-2-4-7-14/h2-10H,11-12H2,1H3,(H,19,21). The molecular weight excluding hydrogens is 283 g/mol. The maximum atomic E-state index is 13.4. The van der Waals surface area contributed by atoms with Crippen molar-refractivity contribution in [3.63, 3.8) is 0 Å². The second-order valence-corrected chi connectivity index (χ2v) is 4.66. The van der Waals surface area contributed by atoms with Crippen LogP contribution in [0.1, 0.15) is 17.0 Å². The van der Waals surface area contributed by atoms with Gasteiger partial charge in [0.25, 0.3) is 0 Å². The Kier molecular flexibility index (Phi) is 5.65. The van der Waals surface area contributed by atoms with Crippen molar-refractivity contribution in [3.8, 4) is 0 Å². The second kappa shape index (κ2) is 7.93. The molecule has 0 atom stereocenters. The lowest BCUT2D eigenvalue weighted by molar-refractivity contribution is 0.141. The zero-order chi connectivity index (χ0) is 15.8. The molecule has 1 heterocycles. The van der Waals surface area contributed by atoms with Crippen molar-refractivity contribution >= 4 is 12.2 Å². The van der Waals surface area contributed by atoms with Crippen molar-refractivity contribution < 1.29 is 13.9 Å². The number of halogens is 1. The number of benzene rings is 1. The van der Waals surface area contributed by atoms with Crippen molar-refractivity contribution in [2.45, 2.75) is 13.5 Å². The van der Waals surface area contributed by atoms with Gasteiger partial charge in [-0.15, -0.1) is 0 Å². The Hall–Kier alpha value is -2.69. The molecule has 5 heteroatoms. The third-order valence-corrected chi connectivity index (χ3v) is 2.87. The van der Waals surface area contributed by atoms with Crippen LogP contribution in [0.25, 0.3) is 6.08 Å². The van der Waals surface area contributed by atoms with Crippen LogP contribution < -0.4 is 5.32 Å². The fraction of sp³-hybridized carbons (Fsp3) is 0.176. The van der Waals surface area contributed by atoms with Gasteiger partial charge in [0.2, 0.25) is 0 Å². The summed E-state index contributed by atoms with van der Waals surface area (Å²) < 4.78 is 18.5. The van der Waals surface area contributed by atoms with Crippen molar-refractivity contribution in [1.82, 2.24) is 10.3 Å². The molecule has 1 aromatic carbocycles. The van der Waals surface area contributed by atoms with Crippen LogP contribution in [-0.2, 0) is 11.3 Å². The number of pyridine rings is 1. The molecule has 114 valence electrons. The number of nitrogens with zero attached hydrogens (tertiary/aromatic N) is 1. The maximum absolute atomic E-state index is 13.4. The highest BCUT2D eigenvalue weighted by atomic mass is 19.1. The normalized spacial score (nSPS) is 10.6. The van der Waals surface area contributed by atoms with Crippen molar-refractivity contribution in [1.29, 1.82) is 0 Å². The van der Waals surface area contributed by atoms with E-state index in [2.05, 4.69) is 10.3 Å². The molecule has 4 nitrogen and oxygen atoms in total. The van der Waals surface area contributed by atoms with E-state index in [4.69, 9.17) is 4.74 Å². The summed E-state index contributed by atoms with van der Waals surface area (Å²) in [5.74, 6) is -0.395. The van der Waals surface area contributed by atoms with Crippen molar-refractivity contribution in [3.05, 3.63) is 71.3 Å². The Bertz CT molecular complexity index is 657. The van der Waals surface area contributed by atoms with Gasteiger partial charge in [-0.2, -0.15) is 0 Å². The van der Waals surface area contributed by atoms with E-state index in [1.54, 1.807) is 19.1 Å². The SMILES string of the molecule is Cc1ccc(F)c(C=CCNC(=O)OCc2ccccc2)n1. The number of carbonyl (C=O) groups is 1. The highest BCUT2D eigenvalue weighted by Gasteiger charge is 2.01. The first-order valence-electron chi connectivity index (χ1n) is 6.89. The minimum atomic E-state index is -0.522. The third kappa shape index (κ3) is 5.01. The van der Waals surface area contributed by atoms with Gasteiger partial charge in [0.1, 0.15) is 12.4 Å². The van der Waals surface area contributed by atoms with Gasteiger partial charge in [-0.3, -0.25) is 4.98 Å². The molecule has 0 fully saturated rings. The molecular formula is C17H17FN2O2. The number of nitrogens with one attached hydrogen (secondary N) is 1. The first-order chi connectivity index (χ1) is 10.6. The summed E-state index contributed by atoms with van der Waals surface area (Å²) >= 11 is 0. The van der Waals surface area contributed by atoms with Crippen molar-refractivity contribution in [2.75, 3.05) is 6.54 Å². The van der Waals surface area contributed by atoms with Crippen LogP contribution in [0.5, 0.6) is 0 Å². The number of alkyl carbamates (subject to hydrolysis) is 1. The Morgan fingerprint density at radius 2 is 2.05 bits per heavy atom. The van der Waals surface area contributed by atoms with Crippen LogP contribution in [0.15, 0.2) is 48.5 Å². The zero-order valence-corrected chi connectivity index (χ0v) is 12.3. The number of rotatable bonds is 5. The van der Waals surface area contributed by atoms with E-state index in [1.165, 1.54) is 12.1 Å². The number of carbonyl (C=O) groups excluding carboxylic acids is 1. The molecule has 2 aromatic rings. The van der Waals surface area contributed by atoms with Gasteiger partial charge in [-0.05, 0) is 30.7 Å². The monoisotopic (exact) mass is 300 g/mol. The topological polar surface area (TPSA) is 51.2 Å². The van der Waals surface area contributed by atoms with Gasteiger partial charge in [0, 0.05) is 12.2 Å². The predicted molar refractivity (Wildman–Crippen MR) is 82.6 cm³/mol. The maximum Gasteiger partial charge on any atom is 0.407 e. The average molecular weight is 300 g/mol. The Morgan fingerprint density at radius 3 is 2.82 bits per heavy atom. The van der Waals surface area contributed by atoms with E-state index in [9.17, 15) is 9.18 Å². The first kappa shape index (κ1) is 15.7. The number of hydrogen-bond donors (Lipinski definition) is 1. The number of hydrogen-bond acceptors (Lipinski definition) is 3. The van der Waals surface area contributed by atoms with Gasteiger partial charge in [0.15, 0.2) is 0 Å². The first-order valence-corrected chi connectivity index (χ1v) is 6.89. The van der Waals surface area contributed by atoms with Crippen LogP contribution in [0, 0.1) is 12.7 Å². The average Bonchev–Trinajstić information content (AvgIpc) is 2.53. The van der Waals surface area contributed by atoms with Crippen LogP contribution in [0.2, 0.25) is 0 Å². The molecule has 0 saturated carbocycles. The minimum absolute atomic E-state index is 0.213. The van der Waals surface area contributed by atoms with E-state index in [0.29, 0.717) is 0 Å². The summed E-state index contributed by atoms with van der Waals surface area (Å²) in [6, 6.07) is 12.4. The predicted octanol–water partition coefficient (Wildman–Crippen LogP) is 3.47. The van der Waals surface area contributed by atoms with Gasteiger partial charge in [0.05, 0.1) is 5.69 Å². The van der Waals surface area contributed by atoms with Gasteiger partial charge >= 0.3 is 6.09 Å². The second-order valence-electron chi connectivity index (χ2n) is 4.66. The summed E-state index contributed by atoms with van der Waals surface area (Å²) in [6.07, 6.45) is 2.63. The summed E-state index contributed by atoms with van der Waals surface area (Å²) in [5.41, 5.74) is 1.90. The summed E-state index contributed by atoms with van der Waals surface area (Å²) in [6.45, 7) is 2.24. The molecule has 0 unspecified atom stereocenters. The molecule has 2 rings (SSSR count). The zero-order valence-electron chi connectivity index (χ0n) is 12.3. The van der Waals surface area contributed by atoms with Gasteiger partial charge in [-0.25, -0.2) is 9.18 Å². The summed E-state index contributed by atoms with van der Waals surface area (Å²) in [5, 5.41) is 2.56. The number of ether oxygens (including phenoxy) is 1. The molecule has 0 spiro atoms. The van der Waals surface area contributed by atoms with Crippen LogP contribution >= 0.6 is 0 Å². The molecule has 0 aliphatic carbocycles. The molecule has 1 amide bonds.